The molecule has 0 aliphatic heterocycles. The van der Waals surface area contributed by atoms with Gasteiger partial charge in [-0.15, -0.1) is 0 Å². The molecule has 35 heavy (non-hydrogen) atoms. The van der Waals surface area contributed by atoms with Crippen molar-refractivity contribution in [3.8, 4) is 11.4 Å². The molecule has 1 aliphatic rings. The van der Waals surface area contributed by atoms with Gasteiger partial charge in [-0.05, 0) is 38.0 Å². The average molecular weight is 515 g/mol. The third-order valence-electron chi connectivity index (χ3n) is 6.28. The first-order chi connectivity index (χ1) is 16.7. The van der Waals surface area contributed by atoms with Gasteiger partial charge in [-0.1, -0.05) is 42.1 Å². The van der Waals surface area contributed by atoms with Crippen molar-refractivity contribution in [2.75, 3.05) is 5.32 Å². The zero-order chi connectivity index (χ0) is 24.7. The predicted octanol–water partition coefficient (Wildman–Crippen LogP) is 4.51. The first-order valence-electron chi connectivity index (χ1n) is 11.3. The number of halogens is 2. The molecule has 3 aromatic heterocycles. The van der Waals surface area contributed by atoms with Crippen LogP contribution in [0.4, 0.5) is 10.2 Å². The lowest BCUT2D eigenvalue weighted by Crippen LogP contribution is -2.43. The van der Waals surface area contributed by atoms with Crippen LogP contribution in [0.1, 0.15) is 31.2 Å². The normalized spacial score (nSPS) is 18.6. The highest BCUT2D eigenvalue weighted by molar-refractivity contribution is 7.90. The number of nitrogens with two attached hydrogens (primary N) is 1. The second-order valence-corrected chi connectivity index (χ2v) is 11.0. The van der Waals surface area contributed by atoms with E-state index in [2.05, 4.69) is 20.3 Å². The topological polar surface area (TPSA) is 116 Å². The van der Waals surface area contributed by atoms with E-state index in [0.717, 1.165) is 41.4 Å². The van der Waals surface area contributed by atoms with E-state index in [1.807, 2.05) is 6.92 Å². The number of aromatic nitrogens is 4. The number of fused-ring (bicyclic) bond motifs is 1. The van der Waals surface area contributed by atoms with Crippen molar-refractivity contribution in [1.82, 2.24) is 18.9 Å². The highest BCUT2D eigenvalue weighted by Gasteiger charge is 2.26. The smallest absolute Gasteiger partial charge is 0.269 e. The summed E-state index contributed by atoms with van der Waals surface area (Å²) in [6.45, 7) is 1.88. The van der Waals surface area contributed by atoms with E-state index in [0.29, 0.717) is 16.0 Å². The Morgan fingerprint density at radius 2 is 1.89 bits per heavy atom. The quantitative estimate of drug-likeness (QED) is 0.402. The molecule has 0 amide bonds. The fourth-order valence-corrected chi connectivity index (χ4v) is 5.83. The van der Waals surface area contributed by atoms with E-state index in [9.17, 15) is 12.8 Å². The average Bonchev–Trinajstić information content (AvgIpc) is 3.21. The Morgan fingerprint density at radius 1 is 1.14 bits per heavy atom. The largest absolute Gasteiger partial charge is 0.363 e. The standard InChI is InChI=1S/C24H24ClFN6O2S/c1-14-6-8-16(9-7-14)35(33,34)32-13-18(17-10-15(25)11-29-24(17)32)22-28-12-19(26)23(31-22)30-21-5-3-2-4-20(21)27/h6-13,20-21H,2-5,27H2,1H3,(H,28,30,31). The summed E-state index contributed by atoms with van der Waals surface area (Å²) < 4.78 is 42.7. The van der Waals surface area contributed by atoms with Gasteiger partial charge in [-0.2, -0.15) is 0 Å². The summed E-state index contributed by atoms with van der Waals surface area (Å²) in [5.41, 5.74) is 7.68. The second kappa shape index (κ2) is 9.18. The summed E-state index contributed by atoms with van der Waals surface area (Å²) in [4.78, 5) is 12.9. The molecule has 2 atom stereocenters. The molecule has 1 fully saturated rings. The highest BCUT2D eigenvalue weighted by Crippen LogP contribution is 2.33. The van der Waals surface area contributed by atoms with Gasteiger partial charge in [0.1, 0.15) is 0 Å². The molecule has 11 heteroatoms. The van der Waals surface area contributed by atoms with Gasteiger partial charge in [0.25, 0.3) is 10.0 Å². The van der Waals surface area contributed by atoms with E-state index >= 15 is 0 Å². The molecule has 1 aromatic carbocycles. The van der Waals surface area contributed by atoms with Gasteiger partial charge in [0.15, 0.2) is 23.1 Å². The van der Waals surface area contributed by atoms with Crippen LogP contribution in [-0.4, -0.2) is 39.4 Å². The van der Waals surface area contributed by atoms with Crippen LogP contribution >= 0.6 is 11.6 Å². The summed E-state index contributed by atoms with van der Waals surface area (Å²) in [5, 5.41) is 3.87. The van der Waals surface area contributed by atoms with Crippen LogP contribution in [0.15, 0.2) is 53.8 Å². The van der Waals surface area contributed by atoms with Crippen LogP contribution in [0, 0.1) is 12.7 Å². The zero-order valence-electron chi connectivity index (χ0n) is 18.9. The number of nitrogens with one attached hydrogen (secondary N) is 1. The maximum Gasteiger partial charge on any atom is 0.269 e. The third kappa shape index (κ3) is 4.49. The van der Waals surface area contributed by atoms with Gasteiger partial charge in [-0.25, -0.2) is 31.7 Å². The van der Waals surface area contributed by atoms with Crippen LogP contribution in [0.3, 0.4) is 0 Å². The Kier molecular flexibility index (Phi) is 6.20. The number of aryl methyl sites for hydroxylation is 1. The number of rotatable bonds is 5. The Balaban J connectivity index is 1.62. The minimum absolute atomic E-state index is 0.0228. The van der Waals surface area contributed by atoms with Gasteiger partial charge in [0, 0.05) is 35.4 Å². The van der Waals surface area contributed by atoms with Crippen molar-refractivity contribution < 1.29 is 12.8 Å². The van der Waals surface area contributed by atoms with Crippen LogP contribution < -0.4 is 11.1 Å². The summed E-state index contributed by atoms with van der Waals surface area (Å²) in [5.74, 6) is -0.446. The second-order valence-electron chi connectivity index (χ2n) is 8.77. The Bertz CT molecular complexity index is 1510. The molecule has 1 aliphatic carbocycles. The van der Waals surface area contributed by atoms with Gasteiger partial charge in [0.2, 0.25) is 0 Å². The fourth-order valence-electron chi connectivity index (χ4n) is 4.35. The monoisotopic (exact) mass is 514 g/mol. The lowest BCUT2D eigenvalue weighted by molar-refractivity contribution is 0.402. The first-order valence-corrected chi connectivity index (χ1v) is 13.1. The molecular weight excluding hydrogens is 491 g/mol. The van der Waals surface area contributed by atoms with Crippen LogP contribution in [-0.2, 0) is 10.0 Å². The lowest BCUT2D eigenvalue weighted by Gasteiger charge is -2.29. The minimum Gasteiger partial charge on any atom is -0.363 e. The summed E-state index contributed by atoms with van der Waals surface area (Å²) in [7, 11) is -3.98. The molecule has 5 rings (SSSR count). The molecule has 1 saturated carbocycles. The molecule has 182 valence electrons. The first kappa shape index (κ1) is 23.7. The fraction of sp³-hybridized carbons (Fsp3) is 0.292. The van der Waals surface area contributed by atoms with Gasteiger partial charge in [-0.3, -0.25) is 0 Å². The molecule has 0 radical (unpaired) electrons. The maximum absolute atomic E-state index is 14.6. The Hall–Kier alpha value is -3.08. The molecule has 3 N–H and O–H groups in total. The Morgan fingerprint density at radius 3 is 2.63 bits per heavy atom. The van der Waals surface area contributed by atoms with Gasteiger partial charge >= 0.3 is 0 Å². The molecule has 0 spiro atoms. The summed E-state index contributed by atoms with van der Waals surface area (Å²) in [6, 6.07) is 7.90. The third-order valence-corrected chi connectivity index (χ3v) is 8.15. The van der Waals surface area contributed by atoms with Crippen LogP contribution in [0.25, 0.3) is 22.4 Å². The van der Waals surface area contributed by atoms with Gasteiger partial charge < -0.3 is 11.1 Å². The van der Waals surface area contributed by atoms with Crippen molar-refractivity contribution >= 4 is 38.5 Å². The zero-order valence-corrected chi connectivity index (χ0v) is 20.5. The maximum atomic E-state index is 14.6. The number of benzene rings is 1. The van der Waals surface area contributed by atoms with Crippen molar-refractivity contribution in [2.24, 2.45) is 5.73 Å². The highest BCUT2D eigenvalue weighted by atomic mass is 35.5. The minimum atomic E-state index is -3.98. The van der Waals surface area contributed by atoms with E-state index in [1.54, 1.807) is 18.2 Å². The molecule has 2 unspecified atom stereocenters. The van der Waals surface area contributed by atoms with Crippen LogP contribution in [0.2, 0.25) is 5.02 Å². The van der Waals surface area contributed by atoms with Crippen molar-refractivity contribution in [3.63, 3.8) is 0 Å². The summed E-state index contributed by atoms with van der Waals surface area (Å²) >= 11 is 6.19. The van der Waals surface area contributed by atoms with E-state index < -0.39 is 15.8 Å². The molecule has 3 heterocycles. The van der Waals surface area contributed by atoms with Crippen molar-refractivity contribution in [2.45, 2.75) is 49.6 Å². The van der Waals surface area contributed by atoms with E-state index in [4.69, 9.17) is 17.3 Å². The number of nitrogens with zero attached hydrogens (tertiary/aromatic N) is 4. The molecule has 8 nitrogen and oxygen atoms in total. The van der Waals surface area contributed by atoms with Crippen LogP contribution in [0.5, 0.6) is 0 Å². The van der Waals surface area contributed by atoms with Crippen molar-refractivity contribution in [1.29, 1.82) is 0 Å². The molecule has 0 saturated heterocycles. The number of hydrogen-bond acceptors (Lipinski definition) is 7. The number of pyridine rings is 1. The Labute approximate surface area is 207 Å². The number of hydrogen-bond donors (Lipinski definition) is 2. The summed E-state index contributed by atoms with van der Waals surface area (Å²) in [6.07, 6.45) is 7.54. The number of anilines is 1. The SMILES string of the molecule is Cc1ccc(S(=O)(=O)n2cc(-c3ncc(F)c(NC4CCCCC4N)n3)c3cc(Cl)cnc32)cc1. The van der Waals surface area contributed by atoms with E-state index in [1.165, 1.54) is 24.5 Å². The van der Waals surface area contributed by atoms with E-state index in [-0.39, 0.29) is 34.3 Å². The molecular formula is C24H24ClFN6O2S. The van der Waals surface area contributed by atoms with Crippen molar-refractivity contribution in [3.05, 3.63) is 65.3 Å². The molecule has 4 aromatic rings. The predicted molar refractivity (Wildman–Crippen MR) is 133 cm³/mol. The molecule has 0 bridgehead atoms. The van der Waals surface area contributed by atoms with Gasteiger partial charge in [0.05, 0.1) is 16.1 Å². The lowest BCUT2D eigenvalue weighted by atomic mass is 9.91.